The summed E-state index contributed by atoms with van der Waals surface area (Å²) in [4.78, 5) is 5.32. The van der Waals surface area contributed by atoms with Gasteiger partial charge >= 0.3 is 0 Å². The number of benzene rings is 6. The molecule has 7 aromatic rings. The van der Waals surface area contributed by atoms with Crippen LogP contribution in [0.5, 0.6) is 0 Å². The number of anilines is 6. The number of aryl methyl sites for hydroxylation is 2. The van der Waals surface area contributed by atoms with Crippen molar-refractivity contribution in [2.75, 3.05) is 9.80 Å². The van der Waals surface area contributed by atoms with E-state index in [9.17, 15) is 0 Å². The Morgan fingerprint density at radius 2 is 0.956 bits per heavy atom. The Morgan fingerprint density at radius 3 is 1.57 bits per heavy atom. The minimum absolute atomic E-state index is 0.0301. The van der Waals surface area contributed by atoms with E-state index >= 15 is 0 Å². The highest BCUT2D eigenvalue weighted by Crippen LogP contribution is 2.55. The molecular formula is C64H71BN2O. The summed E-state index contributed by atoms with van der Waals surface area (Å²) in [6.07, 6.45) is 7.01. The van der Waals surface area contributed by atoms with Crippen LogP contribution in [0.1, 0.15) is 166 Å². The molecule has 3 heterocycles. The average Bonchev–Trinajstić information content (AvgIpc) is 3.66. The summed E-state index contributed by atoms with van der Waals surface area (Å²) in [5.74, 6) is 0. The SMILES string of the molecule is Cc1ccc(-c2ccccc2)c(N2c3cc(C)cc4c3B(c3cc5c(cc3N4c3ccc4c(c3)C(C)(C)CCC4(C)C)C(C)(C)CCC5(C)C)c3oc4cc5c(cc4c32)C(C)(C)CCC5(C)C)c1. The van der Waals surface area contributed by atoms with Gasteiger partial charge in [0.25, 0.3) is 6.71 Å². The normalized spacial score (nSPS) is 20.5. The number of hydrogen-bond acceptors (Lipinski definition) is 3. The Hall–Kier alpha value is -5.48. The molecule has 12 rings (SSSR count). The first-order valence-corrected chi connectivity index (χ1v) is 25.8. The van der Waals surface area contributed by atoms with Crippen LogP contribution in [-0.4, -0.2) is 6.71 Å². The van der Waals surface area contributed by atoms with Gasteiger partial charge in [0, 0.05) is 33.7 Å². The van der Waals surface area contributed by atoms with Gasteiger partial charge in [-0.2, -0.15) is 0 Å². The van der Waals surface area contributed by atoms with Crippen molar-refractivity contribution in [3.63, 3.8) is 0 Å². The van der Waals surface area contributed by atoms with Crippen LogP contribution in [0.25, 0.3) is 22.1 Å². The summed E-state index contributed by atoms with van der Waals surface area (Å²) < 4.78 is 7.72. The minimum atomic E-state index is -0.118. The van der Waals surface area contributed by atoms with Crippen molar-refractivity contribution in [3.05, 3.63) is 148 Å². The van der Waals surface area contributed by atoms with Crippen LogP contribution in [0.2, 0.25) is 0 Å². The second kappa shape index (κ2) is 14.1. The Labute approximate surface area is 407 Å². The molecule has 0 atom stereocenters. The van der Waals surface area contributed by atoms with Crippen LogP contribution in [0.4, 0.5) is 34.1 Å². The van der Waals surface area contributed by atoms with E-state index < -0.39 is 0 Å². The number of nitrogens with zero attached hydrogens (tertiary/aromatic N) is 2. The first-order chi connectivity index (χ1) is 32.0. The Balaban J connectivity index is 1.23. The van der Waals surface area contributed by atoms with Crippen LogP contribution in [0.3, 0.4) is 0 Å². The first-order valence-electron chi connectivity index (χ1n) is 25.8. The van der Waals surface area contributed by atoms with Gasteiger partial charge in [0.05, 0.1) is 17.0 Å². The topological polar surface area (TPSA) is 19.6 Å². The Morgan fingerprint density at radius 1 is 0.441 bits per heavy atom. The molecule has 0 N–H and O–H groups in total. The quantitative estimate of drug-likeness (QED) is 0.165. The van der Waals surface area contributed by atoms with Crippen molar-refractivity contribution in [2.24, 2.45) is 0 Å². The highest BCUT2D eigenvalue weighted by atomic mass is 16.3. The third-order valence-corrected chi connectivity index (χ3v) is 18.3. The third kappa shape index (κ3) is 6.23. The molecule has 0 bridgehead atoms. The Bertz CT molecular complexity index is 3280. The van der Waals surface area contributed by atoms with Crippen LogP contribution in [0, 0.1) is 13.8 Å². The zero-order valence-corrected chi connectivity index (χ0v) is 43.4. The van der Waals surface area contributed by atoms with Crippen LogP contribution in [0.15, 0.2) is 108 Å². The van der Waals surface area contributed by atoms with Gasteiger partial charge in [-0.05, 0) is 194 Å². The molecule has 0 fully saturated rings. The molecule has 0 amide bonds. The summed E-state index contributed by atoms with van der Waals surface area (Å²) in [6, 6.07) is 40.9. The van der Waals surface area contributed by atoms with Crippen molar-refractivity contribution >= 4 is 68.4 Å². The van der Waals surface area contributed by atoms with Gasteiger partial charge in [-0.25, -0.2) is 0 Å². The maximum Gasteiger partial charge on any atom is 0.297 e. The van der Waals surface area contributed by atoms with Gasteiger partial charge in [-0.3, -0.25) is 0 Å². The largest absolute Gasteiger partial charge is 0.468 e. The van der Waals surface area contributed by atoms with E-state index in [0.29, 0.717) is 0 Å². The molecule has 3 aliphatic carbocycles. The second-order valence-electron chi connectivity index (χ2n) is 25.9. The summed E-state index contributed by atoms with van der Waals surface area (Å²) in [5, 5.41) is 1.21. The van der Waals surface area contributed by atoms with Gasteiger partial charge in [-0.15, -0.1) is 0 Å². The fourth-order valence-electron chi connectivity index (χ4n) is 13.7. The molecule has 5 aliphatic rings. The van der Waals surface area contributed by atoms with Crippen LogP contribution < -0.4 is 26.4 Å². The lowest BCUT2D eigenvalue weighted by Crippen LogP contribution is -2.61. The second-order valence-corrected chi connectivity index (χ2v) is 25.9. The summed E-state index contributed by atoms with van der Waals surface area (Å²) >= 11 is 0. The summed E-state index contributed by atoms with van der Waals surface area (Å²) in [6.45, 7) is 34.0. The van der Waals surface area contributed by atoms with Crippen molar-refractivity contribution in [1.82, 2.24) is 0 Å². The van der Waals surface area contributed by atoms with Crippen molar-refractivity contribution < 1.29 is 4.42 Å². The lowest BCUT2D eigenvalue weighted by atomic mass is 9.35. The van der Waals surface area contributed by atoms with Gasteiger partial charge in [-0.1, -0.05) is 138 Å². The molecular weight excluding hydrogens is 824 g/mol. The molecule has 0 spiro atoms. The average molecular weight is 895 g/mol. The van der Waals surface area contributed by atoms with Crippen molar-refractivity contribution in [1.29, 1.82) is 0 Å². The molecule has 1 aromatic heterocycles. The van der Waals surface area contributed by atoms with Crippen molar-refractivity contribution in [3.8, 4) is 11.1 Å². The highest BCUT2D eigenvalue weighted by Gasteiger charge is 2.50. The molecule has 0 radical (unpaired) electrons. The molecule has 3 nitrogen and oxygen atoms in total. The highest BCUT2D eigenvalue weighted by molar-refractivity contribution is 7.00. The van der Waals surface area contributed by atoms with Gasteiger partial charge in [0.15, 0.2) is 0 Å². The molecule has 346 valence electrons. The molecule has 0 saturated heterocycles. The van der Waals surface area contributed by atoms with Gasteiger partial charge in [0.1, 0.15) is 5.58 Å². The number of rotatable bonds is 3. The molecule has 0 saturated carbocycles. The maximum atomic E-state index is 7.72. The molecule has 2 aliphatic heterocycles. The van der Waals surface area contributed by atoms with E-state index in [1.165, 1.54) is 119 Å². The van der Waals surface area contributed by atoms with Gasteiger partial charge < -0.3 is 14.2 Å². The standard InChI is InChI=1S/C64H71BN2O/c1-38-20-22-42(40-18-16-15-17-19-40)51(30-38)67-54-32-39(2)31-53-56(54)65(58-57(67)43-34-46-49(37-55(43)68-58)64(13,14)29-26-61(46,7)8)50-35-47-48(63(11,12)28-27-62(47,9)10)36-52(50)66(53)41-21-23-44-45(33-41)60(5,6)25-24-59(44,3)4/h15-23,30-37H,24-29H2,1-14H3. The van der Waals surface area contributed by atoms with Crippen LogP contribution in [-0.2, 0) is 32.5 Å². The fourth-order valence-corrected chi connectivity index (χ4v) is 13.7. The number of fused-ring (bicyclic) bond motifs is 9. The summed E-state index contributed by atoms with van der Waals surface area (Å²) in [7, 11) is 0. The molecule has 6 aromatic carbocycles. The van der Waals surface area contributed by atoms with E-state index in [0.717, 1.165) is 36.9 Å². The predicted octanol–water partition coefficient (Wildman–Crippen LogP) is 15.8. The maximum absolute atomic E-state index is 7.72. The van der Waals surface area contributed by atoms with E-state index in [1.807, 2.05) is 0 Å². The molecule has 0 unspecified atom stereocenters. The van der Waals surface area contributed by atoms with E-state index in [4.69, 9.17) is 4.42 Å². The molecule has 4 heteroatoms. The van der Waals surface area contributed by atoms with Crippen molar-refractivity contribution in [2.45, 2.75) is 168 Å². The zero-order valence-electron chi connectivity index (χ0n) is 43.4. The zero-order chi connectivity index (χ0) is 47.8. The smallest absolute Gasteiger partial charge is 0.297 e. The van der Waals surface area contributed by atoms with E-state index in [2.05, 4.69) is 210 Å². The summed E-state index contributed by atoms with van der Waals surface area (Å²) in [5.41, 5.74) is 26.2. The first kappa shape index (κ1) is 43.8. The monoisotopic (exact) mass is 895 g/mol. The number of furan rings is 1. The van der Waals surface area contributed by atoms with Crippen LogP contribution >= 0.6 is 0 Å². The van der Waals surface area contributed by atoms with Gasteiger partial charge in [0.2, 0.25) is 0 Å². The third-order valence-electron chi connectivity index (χ3n) is 18.3. The Kier molecular flexibility index (Phi) is 9.06. The number of hydrogen-bond donors (Lipinski definition) is 0. The minimum Gasteiger partial charge on any atom is -0.468 e. The predicted molar refractivity (Wildman–Crippen MR) is 291 cm³/mol. The van der Waals surface area contributed by atoms with E-state index in [1.54, 1.807) is 0 Å². The lowest BCUT2D eigenvalue weighted by Gasteiger charge is -2.47. The lowest BCUT2D eigenvalue weighted by molar-refractivity contribution is 0.332. The molecule has 68 heavy (non-hydrogen) atoms. The van der Waals surface area contributed by atoms with E-state index in [-0.39, 0.29) is 39.2 Å². The fraction of sp³-hybridized carbons (Fsp3) is 0.406.